The fourth-order valence-corrected chi connectivity index (χ4v) is 2.06. The maximum Gasteiger partial charge on any atom is 0.337 e. The quantitative estimate of drug-likeness (QED) is 0.601. The second kappa shape index (κ2) is 4.63. The van der Waals surface area contributed by atoms with Crippen LogP contribution in [0.1, 0.15) is 15.9 Å². The highest BCUT2D eigenvalue weighted by Gasteiger charge is 2.10. The van der Waals surface area contributed by atoms with Gasteiger partial charge in [0.2, 0.25) is 9.05 Å². The first-order valence-corrected chi connectivity index (χ1v) is 6.50. The number of rotatable bonds is 3. The first kappa shape index (κ1) is 12.0. The summed E-state index contributed by atoms with van der Waals surface area (Å²) in [6.45, 7) is 0. The average Bonchev–Trinajstić information content (AvgIpc) is 2.14. The zero-order chi connectivity index (χ0) is 11.5. The Morgan fingerprint density at radius 1 is 1.47 bits per heavy atom. The fraction of sp³-hybridized carbons (Fsp3) is 0.222. The van der Waals surface area contributed by atoms with E-state index >= 15 is 0 Å². The molecule has 0 spiro atoms. The van der Waals surface area contributed by atoms with Gasteiger partial charge < -0.3 is 4.74 Å². The third-order valence-electron chi connectivity index (χ3n) is 1.69. The summed E-state index contributed by atoms with van der Waals surface area (Å²) in [5, 5.41) is 0. The van der Waals surface area contributed by atoms with E-state index in [2.05, 4.69) is 4.74 Å². The molecular weight excluding hydrogens is 240 g/mol. The smallest absolute Gasteiger partial charge is 0.337 e. The predicted octanol–water partition coefficient (Wildman–Crippen LogP) is 1.54. The molecule has 0 radical (unpaired) electrons. The van der Waals surface area contributed by atoms with Gasteiger partial charge in [-0.2, -0.15) is 0 Å². The molecule has 4 nitrogen and oxygen atoms in total. The van der Waals surface area contributed by atoms with E-state index in [1.165, 1.54) is 19.2 Å². The summed E-state index contributed by atoms with van der Waals surface area (Å²) in [5.41, 5.74) is 0.753. The molecule has 6 heteroatoms. The van der Waals surface area contributed by atoms with Crippen molar-refractivity contribution in [1.82, 2.24) is 0 Å². The van der Waals surface area contributed by atoms with Crippen molar-refractivity contribution < 1.29 is 17.9 Å². The monoisotopic (exact) mass is 248 g/mol. The standard InChI is InChI=1S/C9H9ClO4S/c1-14-9(11)8-4-2-3-7(5-8)6-15(10,12)13/h2-5H,6H2,1H3. The van der Waals surface area contributed by atoms with Crippen LogP contribution in [0.15, 0.2) is 24.3 Å². The number of ether oxygens (including phenoxy) is 1. The molecule has 0 bridgehead atoms. The van der Waals surface area contributed by atoms with Gasteiger partial charge in [0, 0.05) is 10.7 Å². The van der Waals surface area contributed by atoms with E-state index < -0.39 is 15.0 Å². The molecule has 0 atom stereocenters. The van der Waals surface area contributed by atoms with Crippen LogP contribution in [0.4, 0.5) is 0 Å². The second-order valence-electron chi connectivity index (χ2n) is 2.88. The second-order valence-corrected chi connectivity index (χ2v) is 5.65. The van der Waals surface area contributed by atoms with Crippen LogP contribution in [-0.4, -0.2) is 21.5 Å². The summed E-state index contributed by atoms with van der Waals surface area (Å²) in [6, 6.07) is 6.12. The van der Waals surface area contributed by atoms with Gasteiger partial charge in [-0.25, -0.2) is 13.2 Å². The zero-order valence-corrected chi connectivity index (χ0v) is 9.51. The number of carbonyl (C=O) groups excluding carboxylic acids is 1. The van der Waals surface area contributed by atoms with E-state index in [1.54, 1.807) is 12.1 Å². The topological polar surface area (TPSA) is 60.4 Å². The molecular formula is C9H9ClO4S. The molecule has 0 aliphatic rings. The molecule has 0 saturated heterocycles. The molecule has 82 valence electrons. The number of methoxy groups -OCH3 is 1. The highest BCUT2D eigenvalue weighted by molar-refractivity contribution is 8.13. The zero-order valence-electron chi connectivity index (χ0n) is 7.94. The molecule has 15 heavy (non-hydrogen) atoms. The molecule has 1 aromatic carbocycles. The summed E-state index contributed by atoms with van der Waals surface area (Å²) in [5.74, 6) is -0.817. The minimum atomic E-state index is -3.61. The van der Waals surface area contributed by atoms with E-state index in [0.29, 0.717) is 11.1 Å². The predicted molar refractivity (Wildman–Crippen MR) is 56.3 cm³/mol. The molecule has 0 aliphatic heterocycles. The molecule has 0 aliphatic carbocycles. The lowest BCUT2D eigenvalue weighted by atomic mass is 10.1. The Morgan fingerprint density at radius 3 is 2.67 bits per heavy atom. The summed E-state index contributed by atoms with van der Waals surface area (Å²) in [7, 11) is 2.74. The van der Waals surface area contributed by atoms with Crippen LogP contribution < -0.4 is 0 Å². The van der Waals surface area contributed by atoms with Gasteiger partial charge in [0.15, 0.2) is 0 Å². The Labute approximate surface area is 92.2 Å². The van der Waals surface area contributed by atoms with Crippen LogP contribution in [0.3, 0.4) is 0 Å². The Hall–Kier alpha value is -1.07. The van der Waals surface area contributed by atoms with Gasteiger partial charge in [0.25, 0.3) is 0 Å². The lowest BCUT2D eigenvalue weighted by molar-refractivity contribution is 0.0600. The largest absolute Gasteiger partial charge is 0.465 e. The van der Waals surface area contributed by atoms with Gasteiger partial charge in [-0.3, -0.25) is 0 Å². The number of carbonyl (C=O) groups is 1. The minimum absolute atomic E-state index is 0.301. The summed E-state index contributed by atoms with van der Waals surface area (Å²) < 4.78 is 26.1. The third kappa shape index (κ3) is 3.89. The van der Waals surface area contributed by atoms with Crippen LogP contribution in [0.5, 0.6) is 0 Å². The number of benzene rings is 1. The van der Waals surface area contributed by atoms with Gasteiger partial charge >= 0.3 is 5.97 Å². The van der Waals surface area contributed by atoms with Gasteiger partial charge in [0.1, 0.15) is 0 Å². The summed E-state index contributed by atoms with van der Waals surface area (Å²) in [4.78, 5) is 11.1. The normalized spacial score (nSPS) is 11.1. The molecule has 0 amide bonds. The molecule has 0 unspecified atom stereocenters. The SMILES string of the molecule is COC(=O)c1cccc(CS(=O)(=O)Cl)c1. The molecule has 1 aromatic rings. The molecule has 0 N–H and O–H groups in total. The molecule has 0 fully saturated rings. The Balaban J connectivity index is 2.98. The van der Waals surface area contributed by atoms with Gasteiger partial charge in [-0.15, -0.1) is 0 Å². The summed E-state index contributed by atoms with van der Waals surface area (Å²) >= 11 is 0. The van der Waals surface area contributed by atoms with Crippen LogP contribution in [-0.2, 0) is 19.5 Å². The lowest BCUT2D eigenvalue weighted by Crippen LogP contribution is -2.03. The van der Waals surface area contributed by atoms with Gasteiger partial charge in [0.05, 0.1) is 18.4 Å². The first-order valence-electron chi connectivity index (χ1n) is 4.02. The van der Waals surface area contributed by atoms with Crippen molar-refractivity contribution in [2.24, 2.45) is 0 Å². The van der Waals surface area contributed by atoms with Crippen LogP contribution in [0.25, 0.3) is 0 Å². The van der Waals surface area contributed by atoms with Crippen LogP contribution in [0, 0.1) is 0 Å². The first-order chi connectivity index (χ1) is 6.92. The van der Waals surface area contributed by atoms with Crippen molar-refractivity contribution in [2.45, 2.75) is 5.75 Å². The van der Waals surface area contributed by atoms with Gasteiger partial charge in [-0.1, -0.05) is 12.1 Å². The molecule has 0 saturated carbocycles. The Kier molecular flexibility index (Phi) is 3.71. The molecule has 0 heterocycles. The van der Waals surface area contributed by atoms with E-state index in [0.717, 1.165) is 0 Å². The van der Waals surface area contributed by atoms with Crippen molar-refractivity contribution in [3.8, 4) is 0 Å². The average molecular weight is 249 g/mol. The Bertz CT molecular complexity index is 467. The molecule has 1 rings (SSSR count). The number of hydrogen-bond acceptors (Lipinski definition) is 4. The van der Waals surface area contributed by atoms with Crippen molar-refractivity contribution in [1.29, 1.82) is 0 Å². The highest BCUT2D eigenvalue weighted by Crippen LogP contribution is 2.12. The van der Waals surface area contributed by atoms with E-state index in [4.69, 9.17) is 10.7 Å². The maximum absolute atomic E-state index is 11.1. The van der Waals surface area contributed by atoms with Crippen molar-refractivity contribution >= 4 is 25.7 Å². The maximum atomic E-state index is 11.1. The van der Waals surface area contributed by atoms with E-state index in [9.17, 15) is 13.2 Å². The van der Waals surface area contributed by atoms with E-state index in [1.807, 2.05) is 0 Å². The van der Waals surface area contributed by atoms with E-state index in [-0.39, 0.29) is 5.75 Å². The summed E-state index contributed by atoms with van der Waals surface area (Å²) in [6.07, 6.45) is 0. The van der Waals surface area contributed by atoms with Gasteiger partial charge in [-0.05, 0) is 17.7 Å². The molecule has 0 aromatic heterocycles. The lowest BCUT2D eigenvalue weighted by Gasteiger charge is -2.01. The Morgan fingerprint density at radius 2 is 2.13 bits per heavy atom. The van der Waals surface area contributed by atoms with Crippen LogP contribution in [0.2, 0.25) is 0 Å². The minimum Gasteiger partial charge on any atom is -0.465 e. The third-order valence-corrected chi connectivity index (χ3v) is 2.69. The number of halogens is 1. The van der Waals surface area contributed by atoms with Crippen molar-refractivity contribution in [3.05, 3.63) is 35.4 Å². The fourth-order valence-electron chi connectivity index (χ4n) is 1.11. The van der Waals surface area contributed by atoms with Crippen molar-refractivity contribution in [3.63, 3.8) is 0 Å². The number of hydrogen-bond donors (Lipinski definition) is 0. The number of esters is 1. The van der Waals surface area contributed by atoms with Crippen LogP contribution >= 0.6 is 10.7 Å². The van der Waals surface area contributed by atoms with Crippen molar-refractivity contribution in [2.75, 3.05) is 7.11 Å². The highest BCUT2D eigenvalue weighted by atomic mass is 35.7.